The summed E-state index contributed by atoms with van der Waals surface area (Å²) in [4.78, 5) is 30.6. The van der Waals surface area contributed by atoms with Crippen LogP contribution in [-0.4, -0.2) is 72.1 Å². The zero-order valence-corrected chi connectivity index (χ0v) is 15.3. The predicted octanol–water partition coefficient (Wildman–Crippen LogP) is 1.57. The van der Waals surface area contributed by atoms with Crippen molar-refractivity contribution in [2.24, 2.45) is 17.8 Å². The van der Waals surface area contributed by atoms with Gasteiger partial charge in [-0.2, -0.15) is 0 Å². The van der Waals surface area contributed by atoms with Crippen LogP contribution < -0.4 is 5.32 Å². The molecule has 1 saturated carbocycles. The number of carbonyl (C=O) groups is 2. The lowest BCUT2D eigenvalue weighted by Gasteiger charge is -2.36. The molecule has 3 atom stereocenters. The molecule has 3 amide bonds. The number of urea groups is 1. The molecule has 24 heavy (non-hydrogen) atoms. The first kappa shape index (κ1) is 17.5. The number of rotatable bonds is 4. The number of carbonyl (C=O) groups excluding carboxylic acids is 2. The minimum absolute atomic E-state index is 0.0355. The molecule has 0 aromatic rings. The molecule has 6 heteroatoms. The average molecular weight is 336 g/mol. The molecule has 2 aliphatic heterocycles. The van der Waals surface area contributed by atoms with Crippen LogP contribution in [0.5, 0.6) is 0 Å². The molecular formula is C18H32N4O2. The molecule has 2 heterocycles. The molecule has 1 aliphatic carbocycles. The Hall–Kier alpha value is -1.30. The molecule has 3 fully saturated rings. The first-order valence-corrected chi connectivity index (χ1v) is 9.49. The highest BCUT2D eigenvalue weighted by Gasteiger charge is 2.37. The normalized spacial score (nSPS) is 29.6. The number of hydrogen-bond donors (Lipinski definition) is 1. The fourth-order valence-corrected chi connectivity index (χ4v) is 4.20. The van der Waals surface area contributed by atoms with Crippen LogP contribution in [-0.2, 0) is 4.79 Å². The Bertz CT molecular complexity index is 470. The van der Waals surface area contributed by atoms with E-state index in [1.54, 1.807) is 4.90 Å². The number of piperidine rings is 1. The van der Waals surface area contributed by atoms with Crippen molar-refractivity contribution in [3.63, 3.8) is 0 Å². The van der Waals surface area contributed by atoms with E-state index in [9.17, 15) is 9.59 Å². The van der Waals surface area contributed by atoms with Gasteiger partial charge in [-0.05, 0) is 38.0 Å². The van der Waals surface area contributed by atoms with Gasteiger partial charge in [0.1, 0.15) is 0 Å². The highest BCUT2D eigenvalue weighted by molar-refractivity contribution is 5.82. The molecular weight excluding hydrogens is 304 g/mol. The molecule has 3 aliphatic rings. The van der Waals surface area contributed by atoms with Gasteiger partial charge in [0.05, 0.1) is 6.67 Å². The maximum absolute atomic E-state index is 12.4. The fourth-order valence-electron chi connectivity index (χ4n) is 4.20. The minimum Gasteiger partial charge on any atom is -0.334 e. The summed E-state index contributed by atoms with van der Waals surface area (Å²) in [7, 11) is 0. The third-order valence-corrected chi connectivity index (χ3v) is 5.35. The van der Waals surface area contributed by atoms with Crippen LogP contribution in [0.25, 0.3) is 0 Å². The van der Waals surface area contributed by atoms with E-state index in [0.29, 0.717) is 19.8 Å². The summed E-state index contributed by atoms with van der Waals surface area (Å²) in [5.41, 5.74) is 0. The van der Waals surface area contributed by atoms with Crippen LogP contribution in [0, 0.1) is 17.8 Å². The van der Waals surface area contributed by atoms with Crippen LogP contribution in [0.15, 0.2) is 0 Å². The van der Waals surface area contributed by atoms with Crippen molar-refractivity contribution in [2.75, 3.05) is 39.4 Å². The third-order valence-electron chi connectivity index (χ3n) is 5.35. The summed E-state index contributed by atoms with van der Waals surface area (Å²) in [5, 5.41) is 3.11. The maximum Gasteiger partial charge on any atom is 0.319 e. The van der Waals surface area contributed by atoms with Gasteiger partial charge in [-0.3, -0.25) is 4.79 Å². The quantitative estimate of drug-likeness (QED) is 0.848. The van der Waals surface area contributed by atoms with Crippen LogP contribution in [0.2, 0.25) is 0 Å². The topological polar surface area (TPSA) is 55.9 Å². The largest absolute Gasteiger partial charge is 0.334 e. The van der Waals surface area contributed by atoms with Crippen molar-refractivity contribution < 1.29 is 9.59 Å². The first-order valence-electron chi connectivity index (χ1n) is 9.49. The predicted molar refractivity (Wildman–Crippen MR) is 93.4 cm³/mol. The van der Waals surface area contributed by atoms with E-state index >= 15 is 0 Å². The molecule has 3 unspecified atom stereocenters. The average Bonchev–Trinajstić information content (AvgIpc) is 3.21. The Morgan fingerprint density at radius 1 is 1.08 bits per heavy atom. The molecule has 0 radical (unpaired) electrons. The Morgan fingerprint density at radius 3 is 2.33 bits per heavy atom. The highest BCUT2D eigenvalue weighted by atomic mass is 16.2. The number of amides is 3. The summed E-state index contributed by atoms with van der Waals surface area (Å²) in [6.07, 6.45) is 3.34. The highest BCUT2D eigenvalue weighted by Crippen LogP contribution is 2.31. The summed E-state index contributed by atoms with van der Waals surface area (Å²) in [6.45, 7) is 11.6. The second kappa shape index (κ2) is 7.30. The molecule has 0 spiro atoms. The standard InChI is InChI=1S/C18H32N4O2/c1-13-8-14(2)10-20(9-13)11-15(3)19-18(24)22-7-6-21(12-22)17(23)16-4-5-16/h13-16H,4-12H2,1-3H3,(H,19,24). The van der Waals surface area contributed by atoms with E-state index < -0.39 is 0 Å². The van der Waals surface area contributed by atoms with Crippen LogP contribution >= 0.6 is 0 Å². The molecule has 3 rings (SSSR count). The maximum atomic E-state index is 12.4. The lowest BCUT2D eigenvalue weighted by molar-refractivity contribution is -0.131. The van der Waals surface area contributed by atoms with Gasteiger partial charge in [0.15, 0.2) is 0 Å². The van der Waals surface area contributed by atoms with Crippen LogP contribution in [0.1, 0.15) is 40.0 Å². The zero-order valence-electron chi connectivity index (χ0n) is 15.3. The summed E-state index contributed by atoms with van der Waals surface area (Å²) in [5.74, 6) is 1.93. The Balaban J connectivity index is 1.42. The monoisotopic (exact) mass is 336 g/mol. The van der Waals surface area contributed by atoms with Gasteiger partial charge < -0.3 is 20.0 Å². The summed E-state index contributed by atoms with van der Waals surface area (Å²) in [6, 6.07) is 0.0925. The molecule has 6 nitrogen and oxygen atoms in total. The van der Waals surface area contributed by atoms with Gasteiger partial charge >= 0.3 is 6.03 Å². The Labute approximate surface area is 145 Å². The molecule has 136 valence electrons. The second-order valence-corrected chi connectivity index (χ2v) is 8.30. The van der Waals surface area contributed by atoms with Crippen LogP contribution in [0.4, 0.5) is 4.79 Å². The van der Waals surface area contributed by atoms with Gasteiger partial charge in [0.2, 0.25) is 5.91 Å². The second-order valence-electron chi connectivity index (χ2n) is 8.30. The number of likely N-dealkylation sites (tertiary alicyclic amines) is 1. The van der Waals surface area contributed by atoms with E-state index in [0.717, 1.165) is 44.3 Å². The molecule has 2 saturated heterocycles. The van der Waals surface area contributed by atoms with Gasteiger partial charge in [-0.1, -0.05) is 13.8 Å². The summed E-state index contributed by atoms with van der Waals surface area (Å²) >= 11 is 0. The van der Waals surface area contributed by atoms with Gasteiger partial charge in [-0.15, -0.1) is 0 Å². The molecule has 1 N–H and O–H groups in total. The number of nitrogens with zero attached hydrogens (tertiary/aromatic N) is 3. The van der Waals surface area contributed by atoms with Crippen molar-refractivity contribution in [3.05, 3.63) is 0 Å². The van der Waals surface area contributed by atoms with Crippen molar-refractivity contribution in [2.45, 2.75) is 46.1 Å². The molecule has 0 aromatic carbocycles. The molecule has 0 aromatic heterocycles. The minimum atomic E-state index is -0.0355. The van der Waals surface area contributed by atoms with E-state index in [1.165, 1.54) is 6.42 Å². The Morgan fingerprint density at radius 2 is 1.71 bits per heavy atom. The van der Waals surface area contributed by atoms with Crippen LogP contribution in [0.3, 0.4) is 0 Å². The lowest BCUT2D eigenvalue weighted by Crippen LogP contribution is -2.50. The first-order chi connectivity index (χ1) is 11.4. The number of nitrogens with one attached hydrogen (secondary N) is 1. The smallest absolute Gasteiger partial charge is 0.319 e. The van der Waals surface area contributed by atoms with Crippen molar-refractivity contribution in [1.29, 1.82) is 0 Å². The van der Waals surface area contributed by atoms with Crippen molar-refractivity contribution >= 4 is 11.9 Å². The Kier molecular flexibility index (Phi) is 5.33. The molecule has 0 bridgehead atoms. The number of hydrogen-bond acceptors (Lipinski definition) is 3. The lowest BCUT2D eigenvalue weighted by atomic mass is 9.92. The van der Waals surface area contributed by atoms with Gasteiger partial charge in [0, 0.05) is 44.7 Å². The van der Waals surface area contributed by atoms with E-state index in [-0.39, 0.29) is 23.9 Å². The van der Waals surface area contributed by atoms with Crippen molar-refractivity contribution in [3.8, 4) is 0 Å². The third kappa shape index (κ3) is 4.41. The van der Waals surface area contributed by atoms with E-state index in [2.05, 4.69) is 31.0 Å². The zero-order chi connectivity index (χ0) is 17.3. The summed E-state index contributed by atoms with van der Waals surface area (Å²) < 4.78 is 0. The van der Waals surface area contributed by atoms with Gasteiger partial charge in [-0.25, -0.2) is 4.79 Å². The van der Waals surface area contributed by atoms with Gasteiger partial charge in [0.25, 0.3) is 0 Å². The SMILES string of the molecule is CC1CC(C)CN(CC(C)NC(=O)N2CCN(C(=O)C3CC3)C2)C1. The fraction of sp³-hybridized carbons (Fsp3) is 0.889. The van der Waals surface area contributed by atoms with Crippen molar-refractivity contribution in [1.82, 2.24) is 20.0 Å². The van der Waals surface area contributed by atoms with E-state index in [1.807, 2.05) is 4.90 Å². The van der Waals surface area contributed by atoms with E-state index in [4.69, 9.17) is 0 Å².